The van der Waals surface area contributed by atoms with Crippen molar-refractivity contribution in [1.82, 2.24) is 15.1 Å². The van der Waals surface area contributed by atoms with Gasteiger partial charge in [-0.2, -0.15) is 5.10 Å². The minimum atomic E-state index is -0.301. The van der Waals surface area contributed by atoms with Crippen molar-refractivity contribution in [3.05, 3.63) is 17.5 Å². The highest BCUT2D eigenvalue weighted by atomic mass is 16.5. The SMILES string of the molecule is CCOC(=O)c1cnn(C)c1CNC(CC)C(C)C. The lowest BCUT2D eigenvalue weighted by molar-refractivity contribution is 0.0524. The molecule has 1 N–H and O–H groups in total. The number of rotatable bonds is 7. The highest BCUT2D eigenvalue weighted by Gasteiger charge is 2.18. The van der Waals surface area contributed by atoms with Crippen molar-refractivity contribution in [2.45, 2.75) is 46.7 Å². The van der Waals surface area contributed by atoms with Gasteiger partial charge in [0, 0.05) is 19.6 Å². The highest BCUT2D eigenvalue weighted by Crippen LogP contribution is 2.12. The Kier molecular flexibility index (Phi) is 6.02. The van der Waals surface area contributed by atoms with Gasteiger partial charge in [0.1, 0.15) is 5.56 Å². The molecular weight excluding hydrogens is 242 g/mol. The smallest absolute Gasteiger partial charge is 0.341 e. The van der Waals surface area contributed by atoms with Gasteiger partial charge >= 0.3 is 5.97 Å². The quantitative estimate of drug-likeness (QED) is 0.769. The van der Waals surface area contributed by atoms with Crippen molar-refractivity contribution >= 4 is 5.97 Å². The topological polar surface area (TPSA) is 56.1 Å². The number of hydrogen-bond acceptors (Lipinski definition) is 4. The van der Waals surface area contributed by atoms with E-state index in [2.05, 4.69) is 31.2 Å². The maximum absolute atomic E-state index is 11.8. The Morgan fingerprint density at radius 2 is 2.16 bits per heavy atom. The third-order valence-corrected chi connectivity index (χ3v) is 3.33. The molecule has 5 nitrogen and oxygen atoms in total. The predicted molar refractivity (Wildman–Crippen MR) is 74.9 cm³/mol. The fourth-order valence-corrected chi connectivity index (χ4v) is 2.13. The van der Waals surface area contributed by atoms with Crippen molar-refractivity contribution < 1.29 is 9.53 Å². The number of nitrogens with zero attached hydrogens (tertiary/aromatic N) is 2. The molecule has 19 heavy (non-hydrogen) atoms. The van der Waals surface area contributed by atoms with E-state index in [1.807, 2.05) is 7.05 Å². The molecule has 1 rings (SSSR count). The predicted octanol–water partition coefficient (Wildman–Crippen LogP) is 2.12. The summed E-state index contributed by atoms with van der Waals surface area (Å²) in [5.74, 6) is 0.259. The largest absolute Gasteiger partial charge is 0.462 e. The van der Waals surface area contributed by atoms with E-state index >= 15 is 0 Å². The molecule has 0 amide bonds. The number of carbonyl (C=O) groups is 1. The second-order valence-electron chi connectivity index (χ2n) is 4.99. The lowest BCUT2D eigenvalue weighted by Gasteiger charge is -2.21. The van der Waals surface area contributed by atoms with E-state index in [4.69, 9.17) is 4.74 Å². The molecule has 1 atom stereocenters. The first-order valence-electron chi connectivity index (χ1n) is 6.92. The molecule has 0 radical (unpaired) electrons. The van der Waals surface area contributed by atoms with Crippen LogP contribution in [0, 0.1) is 5.92 Å². The molecule has 0 saturated heterocycles. The van der Waals surface area contributed by atoms with Gasteiger partial charge in [0.2, 0.25) is 0 Å². The lowest BCUT2D eigenvalue weighted by Crippen LogP contribution is -2.33. The fraction of sp³-hybridized carbons (Fsp3) is 0.714. The van der Waals surface area contributed by atoms with Crippen LogP contribution in [0.4, 0.5) is 0 Å². The summed E-state index contributed by atoms with van der Waals surface area (Å²) in [6, 6.07) is 0.435. The first-order chi connectivity index (χ1) is 9.01. The zero-order chi connectivity index (χ0) is 14.4. The van der Waals surface area contributed by atoms with E-state index in [9.17, 15) is 4.79 Å². The number of aryl methyl sites for hydroxylation is 1. The molecule has 0 saturated carbocycles. The molecule has 108 valence electrons. The van der Waals surface area contributed by atoms with Crippen LogP contribution < -0.4 is 5.32 Å². The fourth-order valence-electron chi connectivity index (χ4n) is 2.13. The average molecular weight is 267 g/mol. The summed E-state index contributed by atoms with van der Waals surface area (Å²) in [7, 11) is 1.84. The van der Waals surface area contributed by atoms with E-state index < -0.39 is 0 Å². The molecule has 0 spiro atoms. The zero-order valence-corrected chi connectivity index (χ0v) is 12.6. The standard InChI is InChI=1S/C14H25N3O2/c1-6-12(10(3)4)15-9-13-11(8-16-17(13)5)14(18)19-7-2/h8,10,12,15H,6-7,9H2,1-5H3. The number of ether oxygens (including phenoxy) is 1. The van der Waals surface area contributed by atoms with E-state index in [1.165, 1.54) is 0 Å². The van der Waals surface area contributed by atoms with Crippen LogP contribution in [-0.2, 0) is 18.3 Å². The number of carbonyl (C=O) groups excluding carboxylic acids is 1. The van der Waals surface area contributed by atoms with Crippen LogP contribution in [0.3, 0.4) is 0 Å². The Morgan fingerprint density at radius 1 is 1.47 bits per heavy atom. The summed E-state index contributed by atoms with van der Waals surface area (Å²) in [6.45, 7) is 9.35. The van der Waals surface area contributed by atoms with Crippen LogP contribution in [-0.4, -0.2) is 28.4 Å². The van der Waals surface area contributed by atoms with Gasteiger partial charge in [-0.25, -0.2) is 4.79 Å². The molecule has 0 aliphatic carbocycles. The molecule has 1 heterocycles. The van der Waals surface area contributed by atoms with Gasteiger partial charge in [0.25, 0.3) is 0 Å². The Balaban J connectivity index is 2.77. The molecular formula is C14H25N3O2. The van der Waals surface area contributed by atoms with Crippen LogP contribution in [0.15, 0.2) is 6.20 Å². The second kappa shape index (κ2) is 7.28. The van der Waals surface area contributed by atoms with E-state index in [0.29, 0.717) is 30.7 Å². The van der Waals surface area contributed by atoms with E-state index in [0.717, 1.165) is 12.1 Å². The first-order valence-corrected chi connectivity index (χ1v) is 6.92. The van der Waals surface area contributed by atoms with Gasteiger partial charge in [-0.1, -0.05) is 20.8 Å². The molecule has 1 unspecified atom stereocenters. The van der Waals surface area contributed by atoms with E-state index in [1.54, 1.807) is 17.8 Å². The average Bonchev–Trinajstić information content (AvgIpc) is 2.72. The molecule has 0 bridgehead atoms. The summed E-state index contributed by atoms with van der Waals surface area (Å²) in [6.07, 6.45) is 2.63. The number of nitrogens with one attached hydrogen (secondary N) is 1. The zero-order valence-electron chi connectivity index (χ0n) is 12.6. The van der Waals surface area contributed by atoms with Crippen molar-refractivity contribution in [2.75, 3.05) is 6.61 Å². The second-order valence-corrected chi connectivity index (χ2v) is 4.99. The number of hydrogen-bond donors (Lipinski definition) is 1. The maximum atomic E-state index is 11.8. The Morgan fingerprint density at radius 3 is 2.68 bits per heavy atom. The van der Waals surface area contributed by atoms with Crippen molar-refractivity contribution in [2.24, 2.45) is 13.0 Å². The summed E-state index contributed by atoms with van der Waals surface area (Å²) < 4.78 is 6.77. The van der Waals surface area contributed by atoms with Crippen LogP contribution in [0.5, 0.6) is 0 Å². The Hall–Kier alpha value is -1.36. The third-order valence-electron chi connectivity index (χ3n) is 3.33. The van der Waals surface area contributed by atoms with Crippen molar-refractivity contribution in [3.8, 4) is 0 Å². The van der Waals surface area contributed by atoms with Crippen molar-refractivity contribution in [1.29, 1.82) is 0 Å². The molecule has 0 aliphatic rings. The summed E-state index contributed by atoms with van der Waals surface area (Å²) in [4.78, 5) is 11.8. The van der Waals surface area contributed by atoms with Crippen LogP contribution in [0.25, 0.3) is 0 Å². The minimum absolute atomic E-state index is 0.301. The van der Waals surface area contributed by atoms with Crippen LogP contribution >= 0.6 is 0 Å². The normalized spacial score (nSPS) is 12.7. The summed E-state index contributed by atoms with van der Waals surface area (Å²) >= 11 is 0. The van der Waals surface area contributed by atoms with Crippen LogP contribution in [0.2, 0.25) is 0 Å². The first kappa shape index (κ1) is 15.7. The third kappa shape index (κ3) is 4.06. The van der Waals surface area contributed by atoms with Crippen molar-refractivity contribution in [3.63, 3.8) is 0 Å². The van der Waals surface area contributed by atoms with E-state index in [-0.39, 0.29) is 5.97 Å². The number of esters is 1. The maximum Gasteiger partial charge on any atom is 0.341 e. The van der Waals surface area contributed by atoms with Gasteiger partial charge in [0.15, 0.2) is 0 Å². The highest BCUT2D eigenvalue weighted by molar-refractivity contribution is 5.90. The Labute approximate surface area is 115 Å². The molecule has 0 aliphatic heterocycles. The molecule has 0 fully saturated rings. The van der Waals surface area contributed by atoms with Gasteiger partial charge in [0.05, 0.1) is 18.5 Å². The van der Waals surface area contributed by atoms with Gasteiger partial charge in [-0.3, -0.25) is 4.68 Å². The molecule has 5 heteroatoms. The monoisotopic (exact) mass is 267 g/mol. The minimum Gasteiger partial charge on any atom is -0.462 e. The van der Waals surface area contributed by atoms with Gasteiger partial charge in [-0.15, -0.1) is 0 Å². The summed E-state index contributed by atoms with van der Waals surface area (Å²) in [5.41, 5.74) is 1.42. The summed E-state index contributed by atoms with van der Waals surface area (Å²) in [5, 5.41) is 7.63. The van der Waals surface area contributed by atoms with Crippen LogP contribution in [0.1, 0.15) is 50.2 Å². The Bertz CT molecular complexity index is 413. The lowest BCUT2D eigenvalue weighted by atomic mass is 10.0. The molecule has 0 aromatic carbocycles. The van der Waals surface area contributed by atoms with Gasteiger partial charge < -0.3 is 10.1 Å². The molecule has 1 aromatic heterocycles. The van der Waals surface area contributed by atoms with Gasteiger partial charge in [-0.05, 0) is 19.3 Å². The molecule has 1 aromatic rings. The number of aromatic nitrogens is 2.